The summed E-state index contributed by atoms with van der Waals surface area (Å²) in [4.78, 5) is 24.1. The van der Waals surface area contributed by atoms with Gasteiger partial charge in [-0.3, -0.25) is 9.59 Å². The van der Waals surface area contributed by atoms with Crippen molar-refractivity contribution in [3.63, 3.8) is 0 Å². The van der Waals surface area contributed by atoms with E-state index in [1.807, 2.05) is 24.3 Å². The summed E-state index contributed by atoms with van der Waals surface area (Å²) >= 11 is 6.75. The van der Waals surface area contributed by atoms with Gasteiger partial charge in [-0.1, -0.05) is 40.2 Å². The fraction of sp³-hybridized carbons (Fsp3) is 0.200. The number of hydrogen-bond acceptors (Lipinski definition) is 2. The third-order valence-electron chi connectivity index (χ3n) is 3.02. The summed E-state index contributed by atoms with van der Waals surface area (Å²) in [5.41, 5.74) is 1.97. The number of pyridine rings is 1. The molecule has 1 aromatic heterocycles. The molecule has 6 heteroatoms. The lowest BCUT2D eigenvalue weighted by Crippen LogP contribution is -2.31. The van der Waals surface area contributed by atoms with Crippen LogP contribution in [0.2, 0.25) is 0 Å². The molecule has 0 bridgehead atoms. The molecule has 4 nitrogen and oxygen atoms in total. The number of benzene rings is 1. The third kappa shape index (κ3) is 3.83. The van der Waals surface area contributed by atoms with Crippen LogP contribution in [0.1, 0.15) is 21.5 Å². The molecule has 0 aliphatic carbocycles. The van der Waals surface area contributed by atoms with E-state index in [0.717, 1.165) is 16.5 Å². The lowest BCUT2D eigenvalue weighted by Gasteiger charge is -2.10. The van der Waals surface area contributed by atoms with Gasteiger partial charge in [0.2, 0.25) is 0 Å². The Bertz CT molecular complexity index is 726. The molecule has 110 valence electrons. The quantitative estimate of drug-likeness (QED) is 0.783. The number of halogens is 2. The molecule has 0 aliphatic heterocycles. The maximum absolute atomic E-state index is 12.4. The molecule has 1 amide bonds. The first-order chi connectivity index (χ1) is 10.0. The van der Waals surface area contributed by atoms with Crippen molar-refractivity contribution in [2.45, 2.75) is 11.9 Å². The predicted molar refractivity (Wildman–Crippen MR) is 90.0 cm³/mol. The minimum Gasteiger partial charge on any atom is -0.355 e. The molecule has 0 unspecified atom stereocenters. The lowest BCUT2D eigenvalue weighted by atomic mass is 10.1. The van der Waals surface area contributed by atoms with Crippen molar-refractivity contribution in [1.82, 2.24) is 9.88 Å². The van der Waals surface area contributed by atoms with Crippen LogP contribution >= 0.6 is 31.9 Å². The van der Waals surface area contributed by atoms with Crippen molar-refractivity contribution in [1.29, 1.82) is 0 Å². The molecule has 0 radical (unpaired) electrons. The van der Waals surface area contributed by atoms with Crippen molar-refractivity contribution in [2.24, 2.45) is 0 Å². The molecule has 1 heterocycles. The molecule has 0 atom stereocenters. The van der Waals surface area contributed by atoms with Gasteiger partial charge < -0.3 is 9.88 Å². The van der Waals surface area contributed by atoms with Crippen LogP contribution in [0.25, 0.3) is 0 Å². The molecule has 1 aromatic carbocycles. The Morgan fingerprint density at radius 3 is 2.67 bits per heavy atom. The van der Waals surface area contributed by atoms with Gasteiger partial charge in [0.15, 0.2) is 0 Å². The van der Waals surface area contributed by atoms with E-state index in [4.69, 9.17) is 0 Å². The van der Waals surface area contributed by atoms with Crippen LogP contribution in [0.15, 0.2) is 45.8 Å². The molecule has 1 N–H and O–H groups in total. The number of aromatic nitrogens is 1. The number of nitrogens with one attached hydrogen (secondary N) is 1. The molecule has 2 aromatic rings. The number of hydrogen-bond donors (Lipinski definition) is 1. The van der Waals surface area contributed by atoms with E-state index in [2.05, 4.69) is 37.2 Å². The Morgan fingerprint density at radius 1 is 1.29 bits per heavy atom. The van der Waals surface area contributed by atoms with Gasteiger partial charge in [-0.2, -0.15) is 0 Å². The average molecular weight is 414 g/mol. The summed E-state index contributed by atoms with van der Waals surface area (Å²) in [7, 11) is 1.51. The van der Waals surface area contributed by atoms with E-state index in [1.165, 1.54) is 17.7 Å². The predicted octanol–water partition coefficient (Wildman–Crippen LogP) is 2.91. The van der Waals surface area contributed by atoms with E-state index < -0.39 is 0 Å². The molecule has 2 rings (SSSR count). The van der Waals surface area contributed by atoms with Gasteiger partial charge in [0.05, 0.1) is 6.54 Å². The number of carbonyl (C=O) groups excluding carboxylic acids is 1. The SMILES string of the molecule is CNC(=O)c1cc(Br)cn(Cc2cccc(CBr)c2)c1=O. The second kappa shape index (κ2) is 7.04. The number of rotatable bonds is 4. The Balaban J connectivity index is 2.42. The minimum atomic E-state index is -0.385. The summed E-state index contributed by atoms with van der Waals surface area (Å²) in [5, 5.41) is 3.24. The van der Waals surface area contributed by atoms with Gasteiger partial charge in [0.25, 0.3) is 11.5 Å². The Labute approximate surface area is 139 Å². The zero-order chi connectivity index (χ0) is 15.4. The summed E-state index contributed by atoms with van der Waals surface area (Å²) in [6, 6.07) is 9.49. The zero-order valence-corrected chi connectivity index (χ0v) is 14.6. The van der Waals surface area contributed by atoms with Crippen LogP contribution < -0.4 is 10.9 Å². The van der Waals surface area contributed by atoms with Crippen LogP contribution in [-0.4, -0.2) is 17.5 Å². The monoisotopic (exact) mass is 412 g/mol. The summed E-state index contributed by atoms with van der Waals surface area (Å²) in [5.74, 6) is -0.385. The fourth-order valence-electron chi connectivity index (χ4n) is 2.02. The Hall–Kier alpha value is -1.40. The number of nitrogens with zero attached hydrogens (tertiary/aromatic N) is 1. The fourth-order valence-corrected chi connectivity index (χ4v) is 2.85. The van der Waals surface area contributed by atoms with Crippen LogP contribution in [0.3, 0.4) is 0 Å². The van der Waals surface area contributed by atoms with Crippen molar-refractivity contribution in [3.05, 3.63) is 68.0 Å². The summed E-state index contributed by atoms with van der Waals surface area (Å²) in [6.45, 7) is 0.420. The second-order valence-electron chi connectivity index (χ2n) is 4.54. The number of alkyl halides is 1. The lowest BCUT2D eigenvalue weighted by molar-refractivity contribution is 0.0961. The highest BCUT2D eigenvalue weighted by molar-refractivity contribution is 9.10. The molecule has 0 spiro atoms. The highest BCUT2D eigenvalue weighted by Crippen LogP contribution is 2.13. The van der Waals surface area contributed by atoms with Crippen LogP contribution in [0.5, 0.6) is 0 Å². The minimum absolute atomic E-state index is 0.128. The molecule has 0 fully saturated rings. The smallest absolute Gasteiger partial charge is 0.263 e. The standard InChI is InChI=1S/C15H14Br2N2O2/c1-18-14(20)13-6-12(17)9-19(15(13)21)8-11-4-2-3-10(5-11)7-16/h2-6,9H,7-8H2,1H3,(H,18,20). The van der Waals surface area contributed by atoms with Crippen molar-refractivity contribution in [3.8, 4) is 0 Å². The zero-order valence-electron chi connectivity index (χ0n) is 11.4. The van der Waals surface area contributed by atoms with Crippen LogP contribution in [0, 0.1) is 0 Å². The van der Waals surface area contributed by atoms with E-state index in [0.29, 0.717) is 11.0 Å². The van der Waals surface area contributed by atoms with E-state index in [-0.39, 0.29) is 17.0 Å². The first-order valence-electron chi connectivity index (χ1n) is 6.31. The Kier molecular flexibility index (Phi) is 5.36. The van der Waals surface area contributed by atoms with Crippen molar-refractivity contribution in [2.75, 3.05) is 7.05 Å². The largest absolute Gasteiger partial charge is 0.355 e. The van der Waals surface area contributed by atoms with E-state index >= 15 is 0 Å². The normalized spacial score (nSPS) is 10.4. The van der Waals surface area contributed by atoms with E-state index in [1.54, 1.807) is 6.20 Å². The highest BCUT2D eigenvalue weighted by atomic mass is 79.9. The van der Waals surface area contributed by atoms with Crippen LogP contribution in [-0.2, 0) is 11.9 Å². The van der Waals surface area contributed by atoms with E-state index in [9.17, 15) is 9.59 Å². The number of amides is 1. The maximum Gasteiger partial charge on any atom is 0.263 e. The van der Waals surface area contributed by atoms with Crippen molar-refractivity contribution >= 4 is 37.8 Å². The topological polar surface area (TPSA) is 51.1 Å². The maximum atomic E-state index is 12.4. The van der Waals surface area contributed by atoms with Crippen molar-refractivity contribution < 1.29 is 4.79 Å². The van der Waals surface area contributed by atoms with Gasteiger partial charge in [0, 0.05) is 23.0 Å². The van der Waals surface area contributed by atoms with Gasteiger partial charge >= 0.3 is 0 Å². The summed E-state index contributed by atoms with van der Waals surface area (Å²) in [6.07, 6.45) is 1.69. The van der Waals surface area contributed by atoms with Crippen LogP contribution in [0.4, 0.5) is 0 Å². The number of carbonyl (C=O) groups is 1. The third-order valence-corrected chi connectivity index (χ3v) is 4.10. The molecule has 21 heavy (non-hydrogen) atoms. The molecular formula is C15H14Br2N2O2. The molecule has 0 aliphatic rings. The molecule has 0 saturated carbocycles. The second-order valence-corrected chi connectivity index (χ2v) is 6.01. The first-order valence-corrected chi connectivity index (χ1v) is 8.22. The van der Waals surface area contributed by atoms with Gasteiger partial charge in [0.1, 0.15) is 5.56 Å². The van der Waals surface area contributed by atoms with Gasteiger partial charge in [-0.25, -0.2) is 0 Å². The average Bonchev–Trinajstić information content (AvgIpc) is 2.50. The highest BCUT2D eigenvalue weighted by Gasteiger charge is 2.12. The molecular weight excluding hydrogens is 400 g/mol. The van der Waals surface area contributed by atoms with Gasteiger partial charge in [-0.05, 0) is 33.1 Å². The molecule has 0 saturated heterocycles. The first kappa shape index (κ1) is 16.0. The Morgan fingerprint density at radius 2 is 2.00 bits per heavy atom. The van der Waals surface area contributed by atoms with Gasteiger partial charge in [-0.15, -0.1) is 0 Å². The summed E-state index contributed by atoms with van der Waals surface area (Å²) < 4.78 is 2.22.